The van der Waals surface area contributed by atoms with Gasteiger partial charge in [0.1, 0.15) is 24.0 Å². The van der Waals surface area contributed by atoms with Gasteiger partial charge < -0.3 is 9.64 Å². The summed E-state index contributed by atoms with van der Waals surface area (Å²) in [7, 11) is 0. The number of aromatic nitrogens is 3. The van der Waals surface area contributed by atoms with Gasteiger partial charge >= 0.3 is 0 Å². The minimum Gasteiger partial charge on any atom is -0.492 e. The lowest BCUT2D eigenvalue weighted by Crippen LogP contribution is -2.33. The summed E-state index contributed by atoms with van der Waals surface area (Å²) in [6.45, 7) is 6.82. The zero-order valence-corrected chi connectivity index (χ0v) is 20.6. The lowest BCUT2D eigenvalue weighted by molar-refractivity contribution is 0.0733. The van der Waals surface area contributed by atoms with Crippen molar-refractivity contribution in [3.63, 3.8) is 0 Å². The van der Waals surface area contributed by atoms with Crippen molar-refractivity contribution in [3.05, 3.63) is 71.9 Å². The molecule has 7 nitrogen and oxygen atoms in total. The number of aryl methyl sites for hydroxylation is 1. The Morgan fingerprint density at radius 3 is 2.66 bits per heavy atom. The van der Waals surface area contributed by atoms with Gasteiger partial charge in [0.15, 0.2) is 0 Å². The van der Waals surface area contributed by atoms with Crippen LogP contribution in [0.1, 0.15) is 66.9 Å². The molecular weight excluding hydrogens is 438 g/mol. The normalized spacial score (nSPS) is 18.7. The fourth-order valence-corrected chi connectivity index (χ4v) is 5.22. The second-order valence-electron chi connectivity index (χ2n) is 9.42. The molecule has 0 N–H and O–H groups in total. The van der Waals surface area contributed by atoms with E-state index in [1.54, 1.807) is 6.20 Å². The number of rotatable bonds is 8. The zero-order chi connectivity index (χ0) is 24.0. The number of piperidine rings is 1. The van der Waals surface area contributed by atoms with Crippen LogP contribution in [0.5, 0.6) is 5.75 Å². The highest BCUT2D eigenvalue weighted by Crippen LogP contribution is 2.33. The molecule has 0 aliphatic carbocycles. The van der Waals surface area contributed by atoms with Crippen molar-refractivity contribution in [2.75, 3.05) is 32.8 Å². The number of nitrogens with zero attached hydrogens (tertiary/aromatic N) is 5. The molecule has 2 aromatic heterocycles. The number of pyridine rings is 1. The van der Waals surface area contributed by atoms with E-state index in [-0.39, 0.29) is 11.9 Å². The van der Waals surface area contributed by atoms with Crippen LogP contribution in [-0.4, -0.2) is 63.0 Å². The second kappa shape index (κ2) is 11.0. The van der Waals surface area contributed by atoms with E-state index >= 15 is 0 Å². The van der Waals surface area contributed by atoms with Crippen LogP contribution in [0.4, 0.5) is 0 Å². The van der Waals surface area contributed by atoms with E-state index in [0.717, 1.165) is 55.4 Å². The molecule has 3 aromatic rings. The molecule has 1 aromatic carbocycles. The molecule has 0 spiro atoms. The number of hydrogen-bond donors (Lipinski definition) is 0. The summed E-state index contributed by atoms with van der Waals surface area (Å²) in [5, 5.41) is 0. The van der Waals surface area contributed by atoms with E-state index in [2.05, 4.69) is 16.8 Å². The van der Waals surface area contributed by atoms with Crippen LogP contribution >= 0.6 is 0 Å². The van der Waals surface area contributed by atoms with Crippen molar-refractivity contribution in [2.45, 2.75) is 51.5 Å². The van der Waals surface area contributed by atoms with Crippen LogP contribution in [0.15, 0.2) is 54.9 Å². The predicted molar refractivity (Wildman–Crippen MR) is 136 cm³/mol. The first kappa shape index (κ1) is 23.5. The van der Waals surface area contributed by atoms with Crippen molar-refractivity contribution in [1.82, 2.24) is 24.3 Å². The summed E-state index contributed by atoms with van der Waals surface area (Å²) in [5.74, 6) is 2.70. The number of amides is 1. The third kappa shape index (κ3) is 5.40. The van der Waals surface area contributed by atoms with Gasteiger partial charge in [-0.3, -0.25) is 14.3 Å². The van der Waals surface area contributed by atoms with Crippen molar-refractivity contribution >= 4 is 5.91 Å². The molecule has 1 unspecified atom stereocenters. The number of carbonyl (C=O) groups excluding carboxylic acids is 1. The van der Waals surface area contributed by atoms with Gasteiger partial charge in [-0.1, -0.05) is 19.4 Å². The number of hydrogen-bond acceptors (Lipinski definition) is 5. The molecule has 2 aliphatic heterocycles. The SMILES string of the molecule is CCc1nccn1-c1cccc(C2CCCN2C(=O)c2ccc(OCCN3CCCCC3)cc2)n1. The third-order valence-electron chi connectivity index (χ3n) is 7.12. The van der Waals surface area contributed by atoms with Gasteiger partial charge in [-0.15, -0.1) is 0 Å². The number of carbonyl (C=O) groups is 1. The Labute approximate surface area is 207 Å². The van der Waals surface area contributed by atoms with Gasteiger partial charge in [-0.05, 0) is 75.2 Å². The lowest BCUT2D eigenvalue weighted by atomic mass is 10.1. The van der Waals surface area contributed by atoms with Crippen LogP contribution in [0, 0.1) is 0 Å². The van der Waals surface area contributed by atoms with Crippen LogP contribution in [0.25, 0.3) is 5.82 Å². The Morgan fingerprint density at radius 1 is 1.03 bits per heavy atom. The monoisotopic (exact) mass is 473 g/mol. The lowest BCUT2D eigenvalue weighted by Gasteiger charge is -2.26. The molecule has 0 radical (unpaired) electrons. The van der Waals surface area contributed by atoms with Crippen LogP contribution in [0.3, 0.4) is 0 Å². The number of likely N-dealkylation sites (tertiary alicyclic amines) is 2. The van der Waals surface area contributed by atoms with E-state index in [9.17, 15) is 4.79 Å². The first-order valence-corrected chi connectivity index (χ1v) is 13.0. The molecular formula is C28H35N5O2. The Hall–Kier alpha value is -3.19. The highest BCUT2D eigenvalue weighted by molar-refractivity contribution is 5.94. The Morgan fingerprint density at radius 2 is 1.86 bits per heavy atom. The minimum atomic E-state index is -0.0171. The zero-order valence-electron chi connectivity index (χ0n) is 20.6. The summed E-state index contributed by atoms with van der Waals surface area (Å²) >= 11 is 0. The third-order valence-corrected chi connectivity index (χ3v) is 7.12. The Bertz CT molecular complexity index is 1120. The highest BCUT2D eigenvalue weighted by atomic mass is 16.5. The smallest absolute Gasteiger partial charge is 0.254 e. The molecule has 4 heterocycles. The molecule has 184 valence electrons. The minimum absolute atomic E-state index is 0.0171. The van der Waals surface area contributed by atoms with Crippen molar-refractivity contribution < 1.29 is 9.53 Å². The summed E-state index contributed by atoms with van der Waals surface area (Å²) in [6, 6.07) is 13.6. The van der Waals surface area contributed by atoms with Crippen molar-refractivity contribution in [1.29, 1.82) is 0 Å². The Balaban J connectivity index is 1.23. The Kier molecular flexibility index (Phi) is 7.42. The molecule has 0 bridgehead atoms. The summed E-state index contributed by atoms with van der Waals surface area (Å²) < 4.78 is 7.97. The van der Waals surface area contributed by atoms with Gasteiger partial charge in [-0.2, -0.15) is 0 Å². The summed E-state index contributed by atoms with van der Waals surface area (Å²) in [4.78, 5) is 27.2. The van der Waals surface area contributed by atoms with Crippen molar-refractivity contribution in [2.24, 2.45) is 0 Å². The highest BCUT2D eigenvalue weighted by Gasteiger charge is 2.31. The standard InChI is InChI=1S/C28H35N5O2/c1-2-26-29-15-19-33(26)27-10-6-8-24(30-27)25-9-7-18-32(25)28(34)22-11-13-23(14-12-22)35-21-20-31-16-4-3-5-17-31/h6,8,10-15,19,25H,2-5,7,9,16-18,20-21H2,1H3. The molecule has 0 saturated carbocycles. The maximum Gasteiger partial charge on any atom is 0.254 e. The molecule has 1 amide bonds. The average molecular weight is 474 g/mol. The fraction of sp³-hybridized carbons (Fsp3) is 0.464. The van der Waals surface area contributed by atoms with Gasteiger partial charge in [0.05, 0.1) is 11.7 Å². The predicted octanol–water partition coefficient (Wildman–Crippen LogP) is 4.67. The maximum absolute atomic E-state index is 13.4. The van der Waals surface area contributed by atoms with E-state index in [0.29, 0.717) is 12.2 Å². The number of ether oxygens (including phenoxy) is 1. The average Bonchev–Trinajstić information content (AvgIpc) is 3.59. The van der Waals surface area contributed by atoms with Crippen LogP contribution < -0.4 is 4.74 Å². The topological polar surface area (TPSA) is 63.5 Å². The molecule has 5 rings (SSSR count). The van der Waals surface area contributed by atoms with Crippen LogP contribution in [0.2, 0.25) is 0 Å². The largest absolute Gasteiger partial charge is 0.492 e. The van der Waals surface area contributed by atoms with Crippen molar-refractivity contribution in [3.8, 4) is 11.6 Å². The quantitative estimate of drug-likeness (QED) is 0.476. The summed E-state index contributed by atoms with van der Waals surface area (Å²) in [5.41, 5.74) is 1.63. The van der Waals surface area contributed by atoms with E-state index in [4.69, 9.17) is 9.72 Å². The van der Waals surface area contributed by atoms with E-state index in [1.165, 1.54) is 32.4 Å². The van der Waals surface area contributed by atoms with Gasteiger partial charge in [0, 0.05) is 37.5 Å². The molecule has 2 saturated heterocycles. The van der Waals surface area contributed by atoms with E-state index in [1.807, 2.05) is 58.1 Å². The maximum atomic E-state index is 13.4. The molecule has 7 heteroatoms. The molecule has 2 fully saturated rings. The first-order chi connectivity index (χ1) is 17.2. The van der Waals surface area contributed by atoms with Crippen LogP contribution in [-0.2, 0) is 6.42 Å². The molecule has 2 aliphatic rings. The number of benzene rings is 1. The second-order valence-corrected chi connectivity index (χ2v) is 9.42. The molecule has 1 atom stereocenters. The van der Waals surface area contributed by atoms with E-state index < -0.39 is 0 Å². The number of imidazole rings is 1. The first-order valence-electron chi connectivity index (χ1n) is 13.0. The fourth-order valence-electron chi connectivity index (χ4n) is 5.22. The molecule has 35 heavy (non-hydrogen) atoms. The van der Waals surface area contributed by atoms with Gasteiger partial charge in [-0.25, -0.2) is 9.97 Å². The summed E-state index contributed by atoms with van der Waals surface area (Å²) in [6.07, 6.45) is 10.4. The van der Waals surface area contributed by atoms with Gasteiger partial charge in [0.25, 0.3) is 5.91 Å². The van der Waals surface area contributed by atoms with Gasteiger partial charge in [0.2, 0.25) is 0 Å².